The Labute approximate surface area is 109 Å². The van der Waals surface area contributed by atoms with Crippen LogP contribution < -0.4 is 15.2 Å². The Morgan fingerprint density at radius 2 is 1.89 bits per heavy atom. The molecule has 102 valence electrons. The molecule has 0 aromatic heterocycles. The van der Waals surface area contributed by atoms with Crippen molar-refractivity contribution in [2.45, 2.75) is 12.0 Å². The lowest BCUT2D eigenvalue weighted by Crippen LogP contribution is -2.36. The summed E-state index contributed by atoms with van der Waals surface area (Å²) < 4.78 is 37.0. The molecule has 0 fully saturated rings. The minimum Gasteiger partial charge on any atom is -0.486 e. The van der Waals surface area contributed by atoms with Gasteiger partial charge in [0.25, 0.3) is 5.92 Å². The molecule has 0 spiro atoms. The molecule has 7 heteroatoms. The monoisotopic (exact) mass is 281 g/mol. The number of hydrogen-bond acceptors (Lipinski definition) is 4. The number of halogens is 3. The summed E-state index contributed by atoms with van der Waals surface area (Å²) in [4.78, 5) is 0. The van der Waals surface area contributed by atoms with Crippen LogP contribution >= 0.6 is 12.4 Å². The van der Waals surface area contributed by atoms with Gasteiger partial charge in [-0.05, 0) is 17.7 Å². The maximum Gasteiger partial charge on any atom is 0.289 e. The maximum absolute atomic E-state index is 13.2. The molecule has 1 atom stereocenters. The topological polar surface area (TPSA) is 64.7 Å². The van der Waals surface area contributed by atoms with Crippen LogP contribution in [0.25, 0.3) is 0 Å². The largest absolute Gasteiger partial charge is 0.486 e. The summed E-state index contributed by atoms with van der Waals surface area (Å²) >= 11 is 0. The van der Waals surface area contributed by atoms with Crippen molar-refractivity contribution < 1.29 is 23.4 Å². The summed E-state index contributed by atoms with van der Waals surface area (Å²) in [6.45, 7) is -0.476. The minimum absolute atomic E-state index is 0. The van der Waals surface area contributed by atoms with E-state index < -0.39 is 18.6 Å². The van der Waals surface area contributed by atoms with Gasteiger partial charge in [-0.25, -0.2) is 8.78 Å². The Bertz CT molecular complexity index is 417. The minimum atomic E-state index is -3.36. The first-order valence-corrected chi connectivity index (χ1v) is 5.18. The molecule has 0 bridgehead atoms. The Morgan fingerprint density at radius 1 is 1.28 bits per heavy atom. The number of benzene rings is 1. The van der Waals surface area contributed by atoms with E-state index in [0.29, 0.717) is 24.7 Å². The molecule has 2 rings (SSSR count). The number of aliphatic hydroxyl groups excluding tert-OH is 1. The predicted molar refractivity (Wildman–Crippen MR) is 63.6 cm³/mol. The molecule has 1 aromatic rings. The van der Waals surface area contributed by atoms with Crippen LogP contribution in [0.15, 0.2) is 18.2 Å². The highest BCUT2D eigenvalue weighted by Gasteiger charge is 2.37. The van der Waals surface area contributed by atoms with E-state index in [2.05, 4.69) is 0 Å². The van der Waals surface area contributed by atoms with Gasteiger partial charge in [-0.15, -0.1) is 12.4 Å². The van der Waals surface area contributed by atoms with Crippen molar-refractivity contribution in [1.29, 1.82) is 0 Å². The summed E-state index contributed by atoms with van der Waals surface area (Å²) in [5, 5.41) is 8.58. The standard InChI is InChI=1S/C11H13F2NO3.ClH/c12-11(13,6-15)10(14)7-1-2-8-9(5-7)17-4-3-16-8;/h1-2,5,10,15H,3-4,6,14H2;1H/t10-;/m1./s1. The molecular formula is C11H14ClF2NO3. The molecule has 0 saturated carbocycles. The fraction of sp³-hybridized carbons (Fsp3) is 0.455. The van der Waals surface area contributed by atoms with E-state index in [1.807, 2.05) is 0 Å². The van der Waals surface area contributed by atoms with Gasteiger partial charge in [-0.3, -0.25) is 0 Å². The van der Waals surface area contributed by atoms with Crippen LogP contribution in [-0.4, -0.2) is 30.8 Å². The third kappa shape index (κ3) is 2.82. The zero-order valence-electron chi connectivity index (χ0n) is 9.44. The first-order chi connectivity index (χ1) is 8.04. The maximum atomic E-state index is 13.2. The molecule has 0 amide bonds. The van der Waals surface area contributed by atoms with Crippen LogP contribution in [-0.2, 0) is 0 Å². The number of alkyl halides is 2. The zero-order chi connectivity index (χ0) is 12.5. The van der Waals surface area contributed by atoms with E-state index in [1.54, 1.807) is 0 Å². The molecular weight excluding hydrogens is 268 g/mol. The van der Waals surface area contributed by atoms with Crippen molar-refractivity contribution >= 4 is 12.4 Å². The number of hydrogen-bond donors (Lipinski definition) is 2. The second kappa shape index (κ2) is 5.69. The molecule has 0 aliphatic carbocycles. The second-order valence-corrected chi connectivity index (χ2v) is 3.80. The highest BCUT2D eigenvalue weighted by Crippen LogP contribution is 2.36. The molecule has 18 heavy (non-hydrogen) atoms. The van der Waals surface area contributed by atoms with Crippen molar-refractivity contribution in [3.05, 3.63) is 23.8 Å². The van der Waals surface area contributed by atoms with Gasteiger partial charge < -0.3 is 20.3 Å². The van der Waals surface area contributed by atoms with Crippen molar-refractivity contribution in [2.75, 3.05) is 19.8 Å². The van der Waals surface area contributed by atoms with E-state index >= 15 is 0 Å². The highest BCUT2D eigenvalue weighted by atomic mass is 35.5. The normalized spacial score (nSPS) is 15.8. The quantitative estimate of drug-likeness (QED) is 0.881. The van der Waals surface area contributed by atoms with Gasteiger partial charge in [-0.2, -0.15) is 0 Å². The Hall–Kier alpha value is -1.11. The lowest BCUT2D eigenvalue weighted by molar-refractivity contribution is -0.0712. The zero-order valence-corrected chi connectivity index (χ0v) is 10.3. The van der Waals surface area contributed by atoms with E-state index in [9.17, 15) is 8.78 Å². The number of ether oxygens (including phenoxy) is 2. The number of fused-ring (bicyclic) bond motifs is 1. The average Bonchev–Trinajstić information content (AvgIpc) is 2.37. The molecule has 1 heterocycles. The summed E-state index contributed by atoms with van der Waals surface area (Å²) in [6.07, 6.45) is 0. The highest BCUT2D eigenvalue weighted by molar-refractivity contribution is 5.85. The predicted octanol–water partition coefficient (Wildman–Crippen LogP) is 1.51. The van der Waals surface area contributed by atoms with E-state index in [4.69, 9.17) is 20.3 Å². The Kier molecular flexibility index (Phi) is 4.72. The number of nitrogens with two attached hydrogens (primary N) is 1. The fourth-order valence-corrected chi connectivity index (χ4v) is 1.60. The summed E-state index contributed by atoms with van der Waals surface area (Å²) in [5.74, 6) is -2.44. The number of rotatable bonds is 3. The van der Waals surface area contributed by atoms with Crippen LogP contribution in [0, 0.1) is 0 Å². The van der Waals surface area contributed by atoms with E-state index in [0.717, 1.165) is 0 Å². The van der Waals surface area contributed by atoms with Crippen LogP contribution in [0.2, 0.25) is 0 Å². The Balaban J connectivity index is 0.00000162. The third-order valence-electron chi connectivity index (χ3n) is 2.59. The Morgan fingerprint density at radius 3 is 2.50 bits per heavy atom. The molecule has 1 aliphatic heterocycles. The molecule has 0 radical (unpaired) electrons. The van der Waals surface area contributed by atoms with Crippen LogP contribution in [0.1, 0.15) is 11.6 Å². The summed E-state index contributed by atoms with van der Waals surface area (Å²) in [6, 6.07) is 2.84. The third-order valence-corrected chi connectivity index (χ3v) is 2.59. The van der Waals surface area contributed by atoms with Gasteiger partial charge in [0, 0.05) is 0 Å². The average molecular weight is 282 g/mol. The van der Waals surface area contributed by atoms with Gasteiger partial charge in [0.2, 0.25) is 0 Å². The lowest BCUT2D eigenvalue weighted by atomic mass is 10.0. The van der Waals surface area contributed by atoms with Crippen molar-refractivity contribution in [3.8, 4) is 11.5 Å². The van der Waals surface area contributed by atoms with Crippen LogP contribution in [0.4, 0.5) is 8.78 Å². The first kappa shape index (κ1) is 14.9. The van der Waals surface area contributed by atoms with Gasteiger partial charge in [0.15, 0.2) is 11.5 Å². The van der Waals surface area contributed by atoms with Gasteiger partial charge in [-0.1, -0.05) is 6.07 Å². The molecule has 1 aliphatic rings. The molecule has 1 aromatic carbocycles. The van der Waals surface area contributed by atoms with Crippen molar-refractivity contribution in [3.63, 3.8) is 0 Å². The van der Waals surface area contributed by atoms with E-state index in [1.165, 1.54) is 18.2 Å². The molecule has 4 nitrogen and oxygen atoms in total. The molecule has 0 unspecified atom stereocenters. The molecule has 3 N–H and O–H groups in total. The lowest BCUT2D eigenvalue weighted by Gasteiger charge is -2.24. The van der Waals surface area contributed by atoms with Gasteiger partial charge >= 0.3 is 0 Å². The SMILES string of the molecule is Cl.N[C@H](c1ccc2c(c1)OCCO2)C(F)(F)CO. The summed E-state index contributed by atoms with van der Waals surface area (Å²) in [5.41, 5.74) is 5.61. The first-order valence-electron chi connectivity index (χ1n) is 5.18. The summed E-state index contributed by atoms with van der Waals surface area (Å²) in [7, 11) is 0. The van der Waals surface area contributed by atoms with Crippen molar-refractivity contribution in [2.24, 2.45) is 5.73 Å². The van der Waals surface area contributed by atoms with E-state index in [-0.39, 0.29) is 18.0 Å². The second-order valence-electron chi connectivity index (χ2n) is 3.80. The van der Waals surface area contributed by atoms with Crippen LogP contribution in [0.3, 0.4) is 0 Å². The smallest absolute Gasteiger partial charge is 0.289 e. The van der Waals surface area contributed by atoms with Crippen molar-refractivity contribution in [1.82, 2.24) is 0 Å². The fourth-order valence-electron chi connectivity index (χ4n) is 1.60. The number of aliphatic hydroxyl groups is 1. The van der Waals surface area contributed by atoms with Crippen LogP contribution in [0.5, 0.6) is 11.5 Å². The van der Waals surface area contributed by atoms with Gasteiger partial charge in [0.1, 0.15) is 19.8 Å². The molecule has 0 saturated heterocycles. The van der Waals surface area contributed by atoms with Gasteiger partial charge in [0.05, 0.1) is 6.04 Å².